The zero-order chi connectivity index (χ0) is 19.6. The summed E-state index contributed by atoms with van der Waals surface area (Å²) in [7, 11) is 1.60. The molecule has 0 radical (unpaired) electrons. The minimum absolute atomic E-state index is 0.0824. The van der Waals surface area contributed by atoms with E-state index in [9.17, 15) is 9.59 Å². The van der Waals surface area contributed by atoms with Crippen LogP contribution in [-0.4, -0.2) is 25.4 Å². The molecule has 0 aliphatic heterocycles. The van der Waals surface area contributed by atoms with Gasteiger partial charge in [0.1, 0.15) is 11.5 Å². The average molecular weight is 367 g/mol. The summed E-state index contributed by atoms with van der Waals surface area (Å²) < 4.78 is 11.1. The van der Waals surface area contributed by atoms with Crippen LogP contribution in [0.4, 0.5) is 0 Å². The van der Waals surface area contributed by atoms with Crippen LogP contribution in [0.5, 0.6) is 11.5 Å². The van der Waals surface area contributed by atoms with Gasteiger partial charge in [-0.1, -0.05) is 31.2 Å². The molecule has 1 N–H and O–H groups in total. The lowest BCUT2D eigenvalue weighted by molar-refractivity contribution is -0.123. The second-order valence-electron chi connectivity index (χ2n) is 7.02. The highest BCUT2D eigenvalue weighted by atomic mass is 16.5. The van der Waals surface area contributed by atoms with E-state index in [0.717, 1.165) is 22.4 Å². The summed E-state index contributed by atoms with van der Waals surface area (Å²) in [5.41, 5.74) is 3.66. The maximum Gasteiger partial charge on any atom is 0.258 e. The molecule has 5 heteroatoms. The van der Waals surface area contributed by atoms with Crippen molar-refractivity contribution < 1.29 is 19.1 Å². The molecule has 0 saturated heterocycles. The van der Waals surface area contributed by atoms with Gasteiger partial charge in [-0.25, -0.2) is 0 Å². The number of hydrogen-bond acceptors (Lipinski definition) is 4. The molecule has 142 valence electrons. The number of para-hydroxylation sites is 1. The van der Waals surface area contributed by atoms with Crippen LogP contribution in [0.15, 0.2) is 36.4 Å². The van der Waals surface area contributed by atoms with Crippen LogP contribution in [0.3, 0.4) is 0 Å². The average Bonchev–Trinajstić information content (AvgIpc) is 2.96. The standard InChI is InChI=1S/C22H25NO4/c1-13-9-10-19(22-17(24)11-14(2)21(13)22)27-12-20(25)23-15(3)16-7-5-6-8-18(16)26-4/h5-10,14-15H,11-12H2,1-4H3,(H,23,25)/t14-,15-/m0/s1. The van der Waals surface area contributed by atoms with Crippen LogP contribution in [0.25, 0.3) is 0 Å². The van der Waals surface area contributed by atoms with Crippen molar-refractivity contribution in [3.05, 3.63) is 58.7 Å². The highest BCUT2D eigenvalue weighted by Crippen LogP contribution is 2.40. The van der Waals surface area contributed by atoms with E-state index in [0.29, 0.717) is 17.7 Å². The Balaban J connectivity index is 1.68. The molecule has 0 heterocycles. The number of rotatable bonds is 6. The molecule has 0 fully saturated rings. The smallest absolute Gasteiger partial charge is 0.258 e. The topological polar surface area (TPSA) is 64.6 Å². The van der Waals surface area contributed by atoms with Crippen molar-refractivity contribution in [2.45, 2.75) is 39.2 Å². The number of carbonyl (C=O) groups is 2. The van der Waals surface area contributed by atoms with Gasteiger partial charge in [0.15, 0.2) is 12.4 Å². The molecule has 0 bridgehead atoms. The summed E-state index contributed by atoms with van der Waals surface area (Å²) in [5.74, 6) is 1.24. The van der Waals surface area contributed by atoms with Crippen LogP contribution in [0, 0.1) is 6.92 Å². The first kappa shape index (κ1) is 19.0. The molecule has 1 aliphatic rings. The summed E-state index contributed by atoms with van der Waals surface area (Å²) in [5, 5.41) is 2.91. The molecule has 5 nitrogen and oxygen atoms in total. The van der Waals surface area contributed by atoms with Gasteiger partial charge in [0.25, 0.3) is 5.91 Å². The Morgan fingerprint density at radius 1 is 1.22 bits per heavy atom. The third-order valence-corrected chi connectivity index (χ3v) is 5.03. The fourth-order valence-electron chi connectivity index (χ4n) is 3.76. The van der Waals surface area contributed by atoms with Crippen molar-refractivity contribution >= 4 is 11.7 Å². The molecule has 0 aromatic heterocycles. The molecule has 2 aromatic carbocycles. The number of benzene rings is 2. The number of ketones is 1. The van der Waals surface area contributed by atoms with Gasteiger partial charge in [-0.05, 0) is 43.0 Å². The third kappa shape index (κ3) is 3.82. The predicted octanol–water partition coefficient (Wildman–Crippen LogP) is 3.95. The van der Waals surface area contributed by atoms with Crippen LogP contribution in [0.1, 0.15) is 59.3 Å². The number of Topliss-reactive ketones (excluding diaryl/α,β-unsaturated/α-hetero) is 1. The SMILES string of the molecule is COc1ccccc1[C@H](C)NC(=O)COc1ccc(C)c2c1C(=O)C[C@@H]2C. The zero-order valence-corrected chi connectivity index (χ0v) is 16.2. The van der Waals surface area contributed by atoms with E-state index in [2.05, 4.69) is 5.32 Å². The molecule has 3 rings (SSSR count). The minimum Gasteiger partial charge on any atom is -0.496 e. The highest BCUT2D eigenvalue weighted by molar-refractivity contribution is 6.04. The van der Waals surface area contributed by atoms with Gasteiger partial charge in [0, 0.05) is 12.0 Å². The fourth-order valence-corrected chi connectivity index (χ4v) is 3.76. The van der Waals surface area contributed by atoms with Crippen molar-refractivity contribution in [3.8, 4) is 11.5 Å². The Hall–Kier alpha value is -2.82. The zero-order valence-electron chi connectivity index (χ0n) is 16.2. The third-order valence-electron chi connectivity index (χ3n) is 5.03. The first-order valence-electron chi connectivity index (χ1n) is 9.14. The number of amides is 1. The van der Waals surface area contributed by atoms with E-state index in [1.807, 2.05) is 51.1 Å². The molecular weight excluding hydrogens is 342 g/mol. The molecule has 0 unspecified atom stereocenters. The second kappa shape index (κ2) is 7.82. The maximum absolute atomic E-state index is 12.4. The van der Waals surface area contributed by atoms with Crippen LogP contribution >= 0.6 is 0 Å². The molecule has 2 aromatic rings. The minimum atomic E-state index is -0.249. The van der Waals surface area contributed by atoms with Gasteiger partial charge >= 0.3 is 0 Å². The second-order valence-corrected chi connectivity index (χ2v) is 7.02. The molecule has 27 heavy (non-hydrogen) atoms. The van der Waals surface area contributed by atoms with E-state index in [-0.39, 0.29) is 30.3 Å². The van der Waals surface area contributed by atoms with Crippen molar-refractivity contribution in [1.82, 2.24) is 5.32 Å². The van der Waals surface area contributed by atoms with Gasteiger partial charge in [0.05, 0.1) is 18.7 Å². The van der Waals surface area contributed by atoms with Crippen molar-refractivity contribution in [2.75, 3.05) is 13.7 Å². The lowest BCUT2D eigenvalue weighted by Gasteiger charge is -2.18. The fraction of sp³-hybridized carbons (Fsp3) is 0.364. The molecule has 1 amide bonds. The van der Waals surface area contributed by atoms with Gasteiger partial charge in [0.2, 0.25) is 0 Å². The van der Waals surface area contributed by atoms with Crippen LogP contribution < -0.4 is 14.8 Å². The number of nitrogens with one attached hydrogen (secondary N) is 1. The normalized spacial score (nSPS) is 16.6. The van der Waals surface area contributed by atoms with Crippen LogP contribution in [0.2, 0.25) is 0 Å². The summed E-state index contributed by atoms with van der Waals surface area (Å²) in [6.45, 7) is 5.79. The first-order chi connectivity index (χ1) is 12.9. The quantitative estimate of drug-likeness (QED) is 0.840. The predicted molar refractivity (Wildman–Crippen MR) is 104 cm³/mol. The molecule has 0 spiro atoms. The Morgan fingerprint density at radius 2 is 1.96 bits per heavy atom. The first-order valence-corrected chi connectivity index (χ1v) is 9.14. The van der Waals surface area contributed by atoms with E-state index in [4.69, 9.17) is 9.47 Å². The number of fused-ring (bicyclic) bond motifs is 1. The van der Waals surface area contributed by atoms with E-state index in [1.165, 1.54) is 0 Å². The van der Waals surface area contributed by atoms with Gasteiger partial charge < -0.3 is 14.8 Å². The van der Waals surface area contributed by atoms with E-state index in [1.54, 1.807) is 13.2 Å². The Kier molecular flexibility index (Phi) is 5.49. The van der Waals surface area contributed by atoms with Crippen molar-refractivity contribution in [3.63, 3.8) is 0 Å². The monoisotopic (exact) mass is 367 g/mol. The highest BCUT2D eigenvalue weighted by Gasteiger charge is 2.31. The Bertz CT molecular complexity index is 875. The summed E-state index contributed by atoms with van der Waals surface area (Å²) in [6.07, 6.45) is 0.494. The maximum atomic E-state index is 12.4. The number of carbonyl (C=O) groups excluding carboxylic acids is 2. The molecule has 0 saturated carbocycles. The van der Waals surface area contributed by atoms with Gasteiger partial charge in [-0.15, -0.1) is 0 Å². The number of hydrogen-bond donors (Lipinski definition) is 1. The lowest BCUT2D eigenvalue weighted by atomic mass is 9.97. The molecule has 2 atom stereocenters. The molecular formula is C22H25NO4. The van der Waals surface area contributed by atoms with Crippen LogP contribution in [-0.2, 0) is 4.79 Å². The number of methoxy groups -OCH3 is 1. The number of ether oxygens (including phenoxy) is 2. The van der Waals surface area contributed by atoms with E-state index >= 15 is 0 Å². The summed E-state index contributed by atoms with van der Waals surface area (Å²) in [4.78, 5) is 24.7. The van der Waals surface area contributed by atoms with Gasteiger partial charge in [-0.2, -0.15) is 0 Å². The van der Waals surface area contributed by atoms with Crippen molar-refractivity contribution in [1.29, 1.82) is 0 Å². The van der Waals surface area contributed by atoms with Crippen molar-refractivity contribution in [2.24, 2.45) is 0 Å². The summed E-state index contributed by atoms with van der Waals surface area (Å²) >= 11 is 0. The molecule has 1 aliphatic carbocycles. The Labute approximate surface area is 159 Å². The Morgan fingerprint density at radius 3 is 2.70 bits per heavy atom. The van der Waals surface area contributed by atoms with Gasteiger partial charge in [-0.3, -0.25) is 9.59 Å². The summed E-state index contributed by atoms with van der Waals surface area (Å²) in [6, 6.07) is 11.1. The lowest BCUT2D eigenvalue weighted by Crippen LogP contribution is -2.31. The van der Waals surface area contributed by atoms with E-state index < -0.39 is 0 Å². The largest absolute Gasteiger partial charge is 0.496 e. The number of aryl methyl sites for hydroxylation is 1.